The van der Waals surface area contributed by atoms with Crippen molar-refractivity contribution in [3.05, 3.63) is 71.3 Å². The number of ether oxygens (including phenoxy) is 5. The van der Waals surface area contributed by atoms with E-state index in [1.165, 1.54) is 34.9 Å². The van der Waals surface area contributed by atoms with Crippen LogP contribution in [0.25, 0.3) is 0 Å². The highest BCUT2D eigenvalue weighted by atomic mass is 19.1. The molecule has 3 rings (SSSR count). The SMILES string of the molecule is CC(C)C[C@@H](C(=O)O[C@H](C)C(=O)N(C)[C@@H](CC(C)(C)F)C(=O)O[C@H](Cc1ccc(C2CCOCC2)cc1)C(=O)OCc1ccccc1)N(C)C(=O)OC(C)(C)C. The molecule has 1 aliphatic rings. The molecule has 0 N–H and O–H groups in total. The molecule has 4 atom stereocenters. The molecule has 0 aromatic heterocycles. The van der Waals surface area contributed by atoms with Gasteiger partial charge in [0, 0.05) is 40.2 Å². The quantitative estimate of drug-likeness (QED) is 0.122. The highest BCUT2D eigenvalue weighted by Gasteiger charge is 2.40. The fourth-order valence-corrected chi connectivity index (χ4v) is 6.29. The topological polar surface area (TPSA) is 138 Å². The maximum Gasteiger partial charge on any atom is 0.410 e. The molecule has 0 aliphatic carbocycles. The highest BCUT2D eigenvalue weighted by Crippen LogP contribution is 2.28. The number of alkyl halides is 1. The fraction of sp³-hybridized carbons (Fsp3) is 0.605. The molecule has 1 saturated heterocycles. The van der Waals surface area contributed by atoms with Crippen LogP contribution in [0.15, 0.2) is 54.6 Å². The molecule has 2 aromatic carbocycles. The summed E-state index contributed by atoms with van der Waals surface area (Å²) in [6, 6.07) is 14.1. The number of carbonyl (C=O) groups excluding carboxylic acids is 5. The average Bonchev–Trinajstić information content (AvgIpc) is 3.13. The summed E-state index contributed by atoms with van der Waals surface area (Å²) < 4.78 is 43.2. The Labute approximate surface area is 331 Å². The van der Waals surface area contributed by atoms with Gasteiger partial charge in [-0.1, -0.05) is 68.4 Å². The molecule has 2 aromatic rings. The number of likely N-dealkylation sites (N-methyl/N-ethyl adjacent to an activating group) is 2. The number of hydrogen-bond donors (Lipinski definition) is 0. The molecule has 1 heterocycles. The molecule has 0 bridgehead atoms. The van der Waals surface area contributed by atoms with Gasteiger partial charge in [0.15, 0.2) is 6.10 Å². The van der Waals surface area contributed by atoms with E-state index in [0.29, 0.717) is 24.7 Å². The highest BCUT2D eigenvalue weighted by molar-refractivity contribution is 5.90. The number of hydrogen-bond acceptors (Lipinski definition) is 10. The minimum Gasteiger partial charge on any atom is -0.458 e. The fourth-order valence-electron chi connectivity index (χ4n) is 6.29. The number of carbonyl (C=O) groups is 5. The Morgan fingerprint density at radius 3 is 1.93 bits per heavy atom. The minimum atomic E-state index is -1.96. The van der Waals surface area contributed by atoms with Gasteiger partial charge in [-0.05, 0) is 89.3 Å². The number of esters is 3. The van der Waals surface area contributed by atoms with E-state index in [0.717, 1.165) is 33.8 Å². The second-order valence-corrected chi connectivity index (χ2v) is 16.6. The first kappa shape index (κ1) is 45.9. The maximum absolute atomic E-state index is 15.3. The van der Waals surface area contributed by atoms with Gasteiger partial charge in [-0.2, -0.15) is 0 Å². The van der Waals surface area contributed by atoms with E-state index in [1.807, 2.05) is 44.2 Å². The number of amides is 2. The van der Waals surface area contributed by atoms with E-state index < -0.39 is 71.9 Å². The molecular formula is C43H61FN2O10. The van der Waals surface area contributed by atoms with Crippen LogP contribution in [0.2, 0.25) is 0 Å². The van der Waals surface area contributed by atoms with Crippen LogP contribution in [0.4, 0.5) is 9.18 Å². The minimum absolute atomic E-state index is 0.0330. The van der Waals surface area contributed by atoms with Crippen LogP contribution in [0.3, 0.4) is 0 Å². The van der Waals surface area contributed by atoms with Crippen molar-refractivity contribution in [1.29, 1.82) is 0 Å². The van der Waals surface area contributed by atoms with E-state index in [2.05, 4.69) is 0 Å². The van der Waals surface area contributed by atoms with Crippen LogP contribution >= 0.6 is 0 Å². The first-order chi connectivity index (χ1) is 26.1. The van der Waals surface area contributed by atoms with Crippen LogP contribution in [0, 0.1) is 5.92 Å². The summed E-state index contributed by atoms with van der Waals surface area (Å²) in [4.78, 5) is 69.8. The van der Waals surface area contributed by atoms with E-state index in [9.17, 15) is 24.0 Å². The lowest BCUT2D eigenvalue weighted by atomic mass is 9.91. The van der Waals surface area contributed by atoms with E-state index >= 15 is 4.39 Å². The van der Waals surface area contributed by atoms with Crippen molar-refractivity contribution in [3.8, 4) is 0 Å². The van der Waals surface area contributed by atoms with Gasteiger partial charge in [0.05, 0.1) is 0 Å². The second kappa shape index (κ2) is 20.6. The van der Waals surface area contributed by atoms with Crippen LogP contribution in [0.1, 0.15) is 104 Å². The Morgan fingerprint density at radius 1 is 0.786 bits per heavy atom. The average molecular weight is 785 g/mol. The summed E-state index contributed by atoms with van der Waals surface area (Å²) in [5.41, 5.74) is -0.199. The van der Waals surface area contributed by atoms with Gasteiger partial charge in [0.2, 0.25) is 6.10 Å². The Bertz CT molecular complexity index is 1600. The molecule has 0 unspecified atom stereocenters. The van der Waals surface area contributed by atoms with Crippen molar-refractivity contribution >= 4 is 29.9 Å². The van der Waals surface area contributed by atoms with Crippen molar-refractivity contribution in [2.45, 2.75) is 136 Å². The Morgan fingerprint density at radius 2 is 1.38 bits per heavy atom. The van der Waals surface area contributed by atoms with Gasteiger partial charge in [0.25, 0.3) is 5.91 Å². The second-order valence-electron chi connectivity index (χ2n) is 16.6. The van der Waals surface area contributed by atoms with Crippen LogP contribution in [-0.2, 0) is 55.9 Å². The Kier molecular flexibility index (Phi) is 16.9. The Hall–Kier alpha value is -4.52. The number of halogens is 1. The van der Waals surface area contributed by atoms with Gasteiger partial charge >= 0.3 is 24.0 Å². The smallest absolute Gasteiger partial charge is 0.410 e. The van der Waals surface area contributed by atoms with Gasteiger partial charge in [0.1, 0.15) is 30.0 Å². The molecule has 1 fully saturated rings. The van der Waals surface area contributed by atoms with E-state index in [1.54, 1.807) is 45.0 Å². The third kappa shape index (κ3) is 14.9. The molecular weight excluding hydrogens is 723 g/mol. The van der Waals surface area contributed by atoms with Crippen molar-refractivity contribution in [2.75, 3.05) is 27.3 Å². The van der Waals surface area contributed by atoms with Crippen molar-refractivity contribution in [1.82, 2.24) is 9.80 Å². The Balaban J connectivity index is 1.83. The van der Waals surface area contributed by atoms with Crippen LogP contribution in [0.5, 0.6) is 0 Å². The predicted octanol–water partition coefficient (Wildman–Crippen LogP) is 6.96. The van der Waals surface area contributed by atoms with E-state index in [4.69, 9.17) is 23.7 Å². The summed E-state index contributed by atoms with van der Waals surface area (Å²) in [7, 11) is 2.69. The first-order valence-electron chi connectivity index (χ1n) is 19.3. The lowest BCUT2D eigenvalue weighted by Gasteiger charge is -2.33. The first-order valence-corrected chi connectivity index (χ1v) is 19.3. The molecule has 0 radical (unpaired) electrons. The molecule has 12 nitrogen and oxygen atoms in total. The summed E-state index contributed by atoms with van der Waals surface area (Å²) in [5.74, 6) is -3.19. The molecule has 310 valence electrons. The number of rotatable bonds is 17. The normalized spacial score (nSPS) is 15.9. The summed E-state index contributed by atoms with van der Waals surface area (Å²) in [5, 5.41) is 0. The van der Waals surface area contributed by atoms with Crippen LogP contribution in [-0.4, -0.2) is 103 Å². The molecule has 0 spiro atoms. The summed E-state index contributed by atoms with van der Waals surface area (Å²) >= 11 is 0. The third-order valence-corrected chi connectivity index (χ3v) is 9.36. The van der Waals surface area contributed by atoms with Gasteiger partial charge in [-0.25, -0.2) is 23.6 Å². The summed E-state index contributed by atoms with van der Waals surface area (Å²) in [6.45, 7) is 14.0. The van der Waals surface area contributed by atoms with E-state index in [-0.39, 0.29) is 25.4 Å². The lowest BCUT2D eigenvalue weighted by Crippen LogP contribution is -2.52. The largest absolute Gasteiger partial charge is 0.458 e. The zero-order chi connectivity index (χ0) is 41.8. The summed E-state index contributed by atoms with van der Waals surface area (Å²) in [6.07, 6.45) is -2.10. The zero-order valence-electron chi connectivity index (χ0n) is 34.7. The molecule has 1 aliphatic heterocycles. The van der Waals surface area contributed by atoms with Crippen molar-refractivity contribution in [2.24, 2.45) is 5.92 Å². The zero-order valence-corrected chi connectivity index (χ0v) is 34.7. The van der Waals surface area contributed by atoms with Gasteiger partial charge in [-0.15, -0.1) is 0 Å². The van der Waals surface area contributed by atoms with Crippen molar-refractivity contribution in [3.63, 3.8) is 0 Å². The standard InChI is InChI=1S/C43H61FN2O10/c1-28(2)24-34(46(10)41(51)56-42(4,5)6)38(48)54-29(3)37(47)45(9)35(26-43(7,8)44)39(49)55-36(40(50)53-27-31-14-12-11-13-15-31)25-30-16-18-32(19-17-30)33-20-22-52-23-21-33/h11-19,28-29,33-36H,20-27H2,1-10H3/t29-,34+,35+,36-/m1/s1. The molecule has 13 heteroatoms. The molecule has 56 heavy (non-hydrogen) atoms. The van der Waals surface area contributed by atoms with Gasteiger partial charge < -0.3 is 28.6 Å². The van der Waals surface area contributed by atoms with Crippen molar-refractivity contribution < 1.29 is 52.0 Å². The number of benzene rings is 2. The van der Waals surface area contributed by atoms with Crippen LogP contribution < -0.4 is 0 Å². The molecule has 2 amide bonds. The lowest BCUT2D eigenvalue weighted by molar-refractivity contribution is -0.175. The monoisotopic (exact) mass is 784 g/mol. The number of nitrogens with zero attached hydrogens (tertiary/aromatic N) is 2. The maximum atomic E-state index is 15.3. The van der Waals surface area contributed by atoms with Gasteiger partial charge in [-0.3, -0.25) is 9.69 Å². The molecule has 0 saturated carbocycles. The predicted molar refractivity (Wildman–Crippen MR) is 208 cm³/mol. The third-order valence-electron chi connectivity index (χ3n) is 9.36.